The molecule has 0 unspecified atom stereocenters. The molecule has 2 aromatic carbocycles. The van der Waals surface area contributed by atoms with Gasteiger partial charge in [0.15, 0.2) is 6.10 Å². The van der Waals surface area contributed by atoms with Crippen molar-refractivity contribution in [3.05, 3.63) is 54.1 Å². The number of para-hydroxylation sites is 2. The summed E-state index contributed by atoms with van der Waals surface area (Å²) in [4.78, 5) is 23.5. The maximum atomic E-state index is 12.8. The van der Waals surface area contributed by atoms with E-state index < -0.39 is 57.6 Å². The van der Waals surface area contributed by atoms with E-state index in [0.717, 1.165) is 18.2 Å². The molecule has 1 amide bonds. The molecule has 0 aliphatic heterocycles. The monoisotopic (exact) mass is 474 g/mol. The first-order chi connectivity index (χ1) is 14.9. The molecule has 1 atom stereocenters. The van der Waals surface area contributed by atoms with Crippen LogP contribution < -0.4 is 14.8 Å². The Morgan fingerprint density at radius 3 is 2.44 bits per heavy atom. The van der Waals surface area contributed by atoms with E-state index in [0.29, 0.717) is 17.5 Å². The Labute approximate surface area is 182 Å². The quantitative estimate of drug-likeness (QED) is 0.541. The molecule has 2 N–H and O–H groups in total. The fourth-order valence-electron chi connectivity index (χ4n) is 2.50. The second kappa shape index (κ2) is 10.5. The van der Waals surface area contributed by atoms with Crippen LogP contribution in [-0.2, 0) is 30.5 Å². The van der Waals surface area contributed by atoms with E-state index in [4.69, 9.17) is 9.47 Å². The van der Waals surface area contributed by atoms with Crippen molar-refractivity contribution in [1.82, 2.24) is 4.72 Å². The van der Waals surface area contributed by atoms with Crippen molar-refractivity contribution in [3.63, 3.8) is 0 Å². The topological polar surface area (TPSA) is 111 Å². The van der Waals surface area contributed by atoms with Crippen LogP contribution in [0.5, 0.6) is 5.75 Å². The van der Waals surface area contributed by atoms with E-state index >= 15 is 0 Å². The van der Waals surface area contributed by atoms with Gasteiger partial charge in [-0.05, 0) is 37.3 Å². The molecule has 0 saturated carbocycles. The van der Waals surface area contributed by atoms with Gasteiger partial charge in [0.25, 0.3) is 5.91 Å². The second-order valence-corrected chi connectivity index (χ2v) is 8.26. The Morgan fingerprint density at radius 1 is 1.09 bits per heavy atom. The number of benzene rings is 2. The van der Waals surface area contributed by atoms with Crippen molar-refractivity contribution >= 4 is 27.6 Å². The summed E-state index contributed by atoms with van der Waals surface area (Å²) in [6.45, 7) is 0.897. The molecule has 0 radical (unpaired) electrons. The van der Waals surface area contributed by atoms with Crippen LogP contribution >= 0.6 is 0 Å². The number of methoxy groups -OCH3 is 1. The zero-order chi connectivity index (χ0) is 23.9. The molecule has 0 aliphatic rings. The predicted octanol–water partition coefficient (Wildman–Crippen LogP) is 2.95. The number of nitrogens with one attached hydrogen (secondary N) is 2. The third kappa shape index (κ3) is 6.95. The molecule has 174 valence electrons. The molecule has 2 aromatic rings. The molecule has 32 heavy (non-hydrogen) atoms. The maximum Gasteiger partial charge on any atom is 0.416 e. The summed E-state index contributed by atoms with van der Waals surface area (Å²) in [6.07, 6.45) is -6.33. The first-order valence-electron chi connectivity index (χ1n) is 9.24. The van der Waals surface area contributed by atoms with Crippen LogP contribution in [0.15, 0.2) is 53.4 Å². The molecule has 0 bridgehead atoms. The van der Waals surface area contributed by atoms with Gasteiger partial charge in [-0.2, -0.15) is 13.2 Å². The summed E-state index contributed by atoms with van der Waals surface area (Å²) in [5, 5.41) is 2.54. The Hall–Kier alpha value is -3.12. The van der Waals surface area contributed by atoms with E-state index in [9.17, 15) is 31.2 Å². The molecule has 0 fully saturated rings. The highest BCUT2D eigenvalue weighted by molar-refractivity contribution is 7.89. The number of alkyl halides is 3. The van der Waals surface area contributed by atoms with Crippen LogP contribution in [0.2, 0.25) is 0 Å². The Kier molecular flexibility index (Phi) is 8.22. The standard InChI is InChI=1S/C20H21F3N2O6S/c1-13(19(27)25-16-8-3-4-9-17(16)30-2)31-18(26)10-11-24-32(28,29)15-7-5-6-14(12-15)20(21,22)23/h3-9,12-13,24H,10-11H2,1-2H3,(H,25,27)/t13-/m1/s1. The van der Waals surface area contributed by atoms with E-state index in [2.05, 4.69) is 5.32 Å². The van der Waals surface area contributed by atoms with E-state index in [-0.39, 0.29) is 0 Å². The van der Waals surface area contributed by atoms with Crippen LogP contribution in [0, 0.1) is 0 Å². The van der Waals surface area contributed by atoms with Crippen LogP contribution in [-0.4, -0.2) is 40.1 Å². The van der Waals surface area contributed by atoms with Crippen molar-refractivity contribution in [1.29, 1.82) is 0 Å². The summed E-state index contributed by atoms with van der Waals surface area (Å²) in [7, 11) is -2.86. The minimum Gasteiger partial charge on any atom is -0.495 e. The van der Waals surface area contributed by atoms with E-state index in [1.165, 1.54) is 14.0 Å². The highest BCUT2D eigenvalue weighted by Crippen LogP contribution is 2.30. The first-order valence-corrected chi connectivity index (χ1v) is 10.7. The van der Waals surface area contributed by atoms with Crippen molar-refractivity contribution in [2.75, 3.05) is 19.0 Å². The van der Waals surface area contributed by atoms with Crippen molar-refractivity contribution < 1.29 is 40.7 Å². The van der Waals surface area contributed by atoms with E-state index in [1.54, 1.807) is 24.3 Å². The molecular weight excluding hydrogens is 453 g/mol. The lowest BCUT2D eigenvalue weighted by atomic mass is 10.2. The summed E-state index contributed by atoms with van der Waals surface area (Å²) in [5.41, 5.74) is -0.744. The highest BCUT2D eigenvalue weighted by atomic mass is 32.2. The number of hydrogen-bond donors (Lipinski definition) is 2. The van der Waals surface area contributed by atoms with Gasteiger partial charge in [-0.1, -0.05) is 18.2 Å². The Balaban J connectivity index is 1.88. The van der Waals surface area contributed by atoms with Gasteiger partial charge < -0.3 is 14.8 Å². The Morgan fingerprint density at radius 2 is 1.78 bits per heavy atom. The zero-order valence-electron chi connectivity index (χ0n) is 17.1. The third-order valence-corrected chi connectivity index (χ3v) is 5.59. The predicted molar refractivity (Wildman–Crippen MR) is 108 cm³/mol. The number of esters is 1. The molecule has 2 rings (SSSR count). The molecule has 0 aliphatic carbocycles. The number of carbonyl (C=O) groups is 2. The Bertz CT molecular complexity index is 1070. The molecule has 0 aromatic heterocycles. The number of carbonyl (C=O) groups excluding carboxylic acids is 2. The van der Waals surface area contributed by atoms with Crippen LogP contribution in [0.25, 0.3) is 0 Å². The lowest BCUT2D eigenvalue weighted by molar-refractivity contribution is -0.153. The number of amides is 1. The normalized spacial score (nSPS) is 12.7. The summed E-state index contributed by atoms with van der Waals surface area (Å²) in [5.74, 6) is -1.10. The van der Waals surface area contributed by atoms with Crippen LogP contribution in [0.4, 0.5) is 18.9 Å². The number of anilines is 1. The number of halogens is 3. The lowest BCUT2D eigenvalue weighted by Gasteiger charge is -2.15. The lowest BCUT2D eigenvalue weighted by Crippen LogP contribution is -2.32. The third-order valence-electron chi connectivity index (χ3n) is 4.14. The molecule has 0 saturated heterocycles. The fourth-order valence-corrected chi connectivity index (χ4v) is 3.58. The fraction of sp³-hybridized carbons (Fsp3) is 0.300. The maximum absolute atomic E-state index is 12.8. The molecule has 0 spiro atoms. The van der Waals surface area contributed by atoms with Gasteiger partial charge >= 0.3 is 12.1 Å². The van der Waals surface area contributed by atoms with Gasteiger partial charge in [-0.25, -0.2) is 13.1 Å². The summed E-state index contributed by atoms with van der Waals surface area (Å²) < 4.78 is 74.8. The second-order valence-electron chi connectivity index (χ2n) is 6.49. The zero-order valence-corrected chi connectivity index (χ0v) is 17.9. The molecular formula is C20H21F3N2O6S. The number of hydrogen-bond acceptors (Lipinski definition) is 6. The minimum absolute atomic E-state index is 0.372. The summed E-state index contributed by atoms with van der Waals surface area (Å²) >= 11 is 0. The van der Waals surface area contributed by atoms with Crippen LogP contribution in [0.3, 0.4) is 0 Å². The number of rotatable bonds is 9. The molecule has 12 heteroatoms. The van der Waals surface area contributed by atoms with Gasteiger partial charge in [0.1, 0.15) is 5.75 Å². The minimum atomic E-state index is -4.70. The number of sulfonamides is 1. The van der Waals surface area contributed by atoms with Crippen molar-refractivity contribution in [2.24, 2.45) is 0 Å². The van der Waals surface area contributed by atoms with Crippen molar-refractivity contribution in [3.8, 4) is 5.75 Å². The summed E-state index contributed by atoms with van der Waals surface area (Å²) in [6, 6.07) is 9.80. The first kappa shape index (κ1) is 25.1. The average Bonchev–Trinajstić information content (AvgIpc) is 2.73. The van der Waals surface area contributed by atoms with E-state index in [1.807, 2.05) is 4.72 Å². The highest BCUT2D eigenvalue weighted by Gasteiger charge is 2.31. The average molecular weight is 474 g/mol. The SMILES string of the molecule is COc1ccccc1NC(=O)[C@@H](C)OC(=O)CCNS(=O)(=O)c1cccc(C(F)(F)F)c1. The van der Waals surface area contributed by atoms with Gasteiger partial charge in [-0.3, -0.25) is 9.59 Å². The largest absolute Gasteiger partial charge is 0.495 e. The van der Waals surface area contributed by atoms with Gasteiger partial charge in [-0.15, -0.1) is 0 Å². The van der Waals surface area contributed by atoms with Crippen LogP contribution in [0.1, 0.15) is 18.9 Å². The molecule has 8 nitrogen and oxygen atoms in total. The van der Waals surface area contributed by atoms with Gasteiger partial charge in [0, 0.05) is 6.54 Å². The van der Waals surface area contributed by atoms with Gasteiger partial charge in [0.05, 0.1) is 29.7 Å². The number of ether oxygens (including phenoxy) is 2. The van der Waals surface area contributed by atoms with Crippen molar-refractivity contribution in [2.45, 2.75) is 30.5 Å². The smallest absolute Gasteiger partial charge is 0.416 e. The van der Waals surface area contributed by atoms with Gasteiger partial charge in [0.2, 0.25) is 10.0 Å². The molecule has 0 heterocycles.